The molecule has 0 aliphatic heterocycles. The summed E-state index contributed by atoms with van der Waals surface area (Å²) >= 11 is 0. The lowest BCUT2D eigenvalue weighted by molar-refractivity contribution is -0.194. The van der Waals surface area contributed by atoms with Gasteiger partial charge in [-0.05, 0) is 16.3 Å². The molecule has 0 saturated heterocycles. The molecular weight excluding hydrogens is 362 g/mol. The quantitative estimate of drug-likeness (QED) is 0.646. The molecular formula is C14H10F6O3S. The summed E-state index contributed by atoms with van der Waals surface area (Å²) in [5.41, 5.74) is -0.902. The molecule has 0 aromatic heterocycles. The van der Waals surface area contributed by atoms with E-state index in [9.17, 15) is 34.8 Å². The molecule has 10 heteroatoms. The van der Waals surface area contributed by atoms with Crippen LogP contribution in [0.25, 0.3) is 10.8 Å². The zero-order chi connectivity index (χ0) is 18.3. The van der Waals surface area contributed by atoms with Crippen molar-refractivity contribution in [3.63, 3.8) is 0 Å². The van der Waals surface area contributed by atoms with Crippen molar-refractivity contribution in [1.82, 2.24) is 0 Å². The third-order valence-corrected chi connectivity index (χ3v) is 4.61. The van der Waals surface area contributed by atoms with E-state index in [1.807, 2.05) is 0 Å². The lowest BCUT2D eigenvalue weighted by atomic mass is 9.92. The molecule has 0 heterocycles. The first-order chi connectivity index (χ1) is 10.8. The first kappa shape index (κ1) is 18.5. The topological polar surface area (TPSA) is 54.4 Å². The molecule has 24 heavy (non-hydrogen) atoms. The molecule has 0 bridgehead atoms. The average Bonchev–Trinajstić information content (AvgIpc) is 2.40. The van der Waals surface area contributed by atoms with E-state index in [1.165, 1.54) is 18.2 Å². The van der Waals surface area contributed by atoms with E-state index < -0.39 is 39.2 Å². The predicted octanol–water partition coefficient (Wildman–Crippen LogP) is 4.30. The van der Waals surface area contributed by atoms with Crippen LogP contribution < -0.4 is 0 Å². The van der Waals surface area contributed by atoms with Crippen molar-refractivity contribution in [2.45, 2.75) is 23.5 Å². The monoisotopic (exact) mass is 372 g/mol. The predicted molar refractivity (Wildman–Crippen MR) is 74.1 cm³/mol. The lowest BCUT2D eigenvalue weighted by Crippen LogP contribution is -2.46. The van der Waals surface area contributed by atoms with Crippen LogP contribution in [0.5, 0.6) is 0 Å². The molecule has 2 rings (SSSR count). The van der Waals surface area contributed by atoms with Crippen LogP contribution in [0, 0.1) is 0 Å². The van der Waals surface area contributed by atoms with Gasteiger partial charge < -0.3 is 0 Å². The molecule has 0 saturated carbocycles. The Balaban J connectivity index is 2.71. The second-order valence-corrected chi connectivity index (χ2v) is 6.64. The van der Waals surface area contributed by atoms with Crippen LogP contribution in [-0.2, 0) is 10.1 Å². The minimum absolute atomic E-state index is 0.209. The van der Waals surface area contributed by atoms with Crippen LogP contribution >= 0.6 is 0 Å². The Morgan fingerprint density at radius 1 is 0.833 bits per heavy atom. The third-order valence-electron chi connectivity index (χ3n) is 3.43. The SMILES string of the molecule is O=S(=O)(O)C(C(c1ccc2ccccc2c1)C(F)(F)F)C(F)(F)F. The molecule has 2 atom stereocenters. The summed E-state index contributed by atoms with van der Waals surface area (Å²) in [6.45, 7) is 0. The Kier molecular flexibility index (Phi) is 4.57. The smallest absolute Gasteiger partial charge is 0.285 e. The summed E-state index contributed by atoms with van der Waals surface area (Å²) in [7, 11) is -6.05. The summed E-state index contributed by atoms with van der Waals surface area (Å²) < 4.78 is 109. The van der Waals surface area contributed by atoms with Gasteiger partial charge in [0.15, 0.2) is 5.25 Å². The average molecular weight is 372 g/mol. The van der Waals surface area contributed by atoms with Gasteiger partial charge in [-0.25, -0.2) is 0 Å². The van der Waals surface area contributed by atoms with Crippen LogP contribution in [-0.4, -0.2) is 30.6 Å². The van der Waals surface area contributed by atoms with Crippen LogP contribution in [0.3, 0.4) is 0 Å². The molecule has 132 valence electrons. The largest absolute Gasteiger partial charge is 0.408 e. The highest BCUT2D eigenvalue weighted by Gasteiger charge is 2.61. The van der Waals surface area contributed by atoms with Crippen LogP contribution in [0.2, 0.25) is 0 Å². The van der Waals surface area contributed by atoms with Gasteiger partial charge in [0.05, 0.1) is 0 Å². The maximum absolute atomic E-state index is 13.2. The number of benzene rings is 2. The minimum atomic E-state index is -6.05. The molecule has 0 amide bonds. The maximum atomic E-state index is 13.2. The molecule has 2 unspecified atom stereocenters. The Morgan fingerprint density at radius 3 is 1.83 bits per heavy atom. The Hall–Kier alpha value is -1.81. The minimum Gasteiger partial charge on any atom is -0.285 e. The highest BCUT2D eigenvalue weighted by Crippen LogP contribution is 2.46. The maximum Gasteiger partial charge on any atom is 0.408 e. The number of rotatable bonds is 3. The molecule has 1 N–H and O–H groups in total. The van der Waals surface area contributed by atoms with Gasteiger partial charge in [-0.3, -0.25) is 4.55 Å². The molecule has 2 aromatic carbocycles. The summed E-state index contributed by atoms with van der Waals surface area (Å²) in [6, 6.07) is 8.72. The number of alkyl halides is 6. The number of fused-ring (bicyclic) bond motifs is 1. The number of hydrogen-bond acceptors (Lipinski definition) is 2. The third kappa shape index (κ3) is 3.81. The first-order valence-corrected chi connectivity index (χ1v) is 7.90. The van der Waals surface area contributed by atoms with E-state index in [0.717, 1.165) is 18.2 Å². The van der Waals surface area contributed by atoms with Crippen molar-refractivity contribution < 1.29 is 39.3 Å². The standard InChI is InChI=1S/C14H10F6O3S/c15-13(16,17)11(12(14(18,19)20)24(21,22)23)10-6-5-8-3-1-2-4-9(8)7-10/h1-7,11-12H,(H,21,22,23). The molecule has 0 fully saturated rings. The molecule has 2 aromatic rings. The number of halogens is 6. The van der Waals surface area contributed by atoms with Crippen molar-refractivity contribution in [3.05, 3.63) is 48.0 Å². The van der Waals surface area contributed by atoms with Gasteiger partial charge in [0.2, 0.25) is 0 Å². The van der Waals surface area contributed by atoms with Crippen molar-refractivity contribution >= 4 is 20.9 Å². The van der Waals surface area contributed by atoms with E-state index in [4.69, 9.17) is 4.55 Å². The normalized spacial score (nSPS) is 16.1. The first-order valence-electron chi connectivity index (χ1n) is 6.40. The van der Waals surface area contributed by atoms with Gasteiger partial charge >= 0.3 is 12.4 Å². The van der Waals surface area contributed by atoms with E-state index in [-0.39, 0.29) is 5.39 Å². The van der Waals surface area contributed by atoms with E-state index in [1.54, 1.807) is 6.07 Å². The van der Waals surface area contributed by atoms with E-state index >= 15 is 0 Å². The second-order valence-electron chi connectivity index (χ2n) is 5.10. The van der Waals surface area contributed by atoms with Crippen LogP contribution in [0.15, 0.2) is 42.5 Å². The van der Waals surface area contributed by atoms with Crippen LogP contribution in [0.4, 0.5) is 26.3 Å². The molecule has 0 radical (unpaired) electrons. The van der Waals surface area contributed by atoms with Crippen LogP contribution in [0.1, 0.15) is 11.5 Å². The second kappa shape index (κ2) is 5.92. The summed E-state index contributed by atoms with van der Waals surface area (Å²) in [4.78, 5) is 0. The van der Waals surface area contributed by atoms with Gasteiger partial charge in [0.25, 0.3) is 10.1 Å². The van der Waals surface area contributed by atoms with Crippen molar-refractivity contribution in [2.24, 2.45) is 0 Å². The summed E-state index contributed by atoms with van der Waals surface area (Å²) in [6.07, 6.45) is -11.3. The lowest BCUT2D eigenvalue weighted by Gasteiger charge is -2.29. The Bertz CT molecular complexity index is 841. The highest BCUT2D eigenvalue weighted by molar-refractivity contribution is 7.86. The van der Waals surface area contributed by atoms with Gasteiger partial charge in [-0.2, -0.15) is 34.8 Å². The van der Waals surface area contributed by atoms with Gasteiger partial charge in [-0.1, -0.05) is 42.5 Å². The van der Waals surface area contributed by atoms with E-state index in [0.29, 0.717) is 5.39 Å². The highest BCUT2D eigenvalue weighted by atomic mass is 32.2. The Labute approximate surface area is 132 Å². The molecule has 0 spiro atoms. The fourth-order valence-corrected chi connectivity index (χ4v) is 3.46. The fourth-order valence-electron chi connectivity index (χ4n) is 2.47. The van der Waals surface area contributed by atoms with E-state index in [2.05, 4.69) is 0 Å². The molecule has 0 aliphatic rings. The summed E-state index contributed by atoms with van der Waals surface area (Å²) in [5.74, 6) is -3.45. The van der Waals surface area contributed by atoms with Crippen molar-refractivity contribution in [2.75, 3.05) is 0 Å². The molecule has 3 nitrogen and oxygen atoms in total. The zero-order valence-electron chi connectivity index (χ0n) is 11.6. The number of hydrogen-bond donors (Lipinski definition) is 1. The zero-order valence-corrected chi connectivity index (χ0v) is 12.5. The van der Waals surface area contributed by atoms with Gasteiger partial charge in [0.1, 0.15) is 5.92 Å². The fraction of sp³-hybridized carbons (Fsp3) is 0.286. The molecule has 0 aliphatic carbocycles. The van der Waals surface area contributed by atoms with Gasteiger partial charge in [-0.15, -0.1) is 0 Å². The summed E-state index contributed by atoms with van der Waals surface area (Å²) in [5, 5.41) is -3.33. The van der Waals surface area contributed by atoms with Crippen molar-refractivity contribution in [1.29, 1.82) is 0 Å². The Morgan fingerprint density at radius 2 is 1.38 bits per heavy atom. The van der Waals surface area contributed by atoms with Crippen molar-refractivity contribution in [3.8, 4) is 0 Å². The van der Waals surface area contributed by atoms with Gasteiger partial charge in [0, 0.05) is 0 Å².